The number of carbonyl (C=O) groups excluding carboxylic acids is 1. The molecule has 4 aromatic carbocycles. The van der Waals surface area contributed by atoms with Crippen molar-refractivity contribution in [2.24, 2.45) is 0 Å². The second-order valence-electron chi connectivity index (χ2n) is 9.38. The predicted molar refractivity (Wildman–Crippen MR) is 160 cm³/mol. The lowest BCUT2D eigenvalue weighted by atomic mass is 10.0. The van der Waals surface area contributed by atoms with E-state index < -0.39 is 0 Å². The number of benzene rings is 4. The van der Waals surface area contributed by atoms with Gasteiger partial charge in [0.2, 0.25) is 0 Å². The molecule has 1 aromatic heterocycles. The highest BCUT2D eigenvalue weighted by Gasteiger charge is 2.41. The highest BCUT2D eigenvalue weighted by atomic mass is 35.5. The molecule has 40 heavy (non-hydrogen) atoms. The number of nitrogens with one attached hydrogen (secondary N) is 1. The molecule has 0 bridgehead atoms. The third-order valence-corrected chi connectivity index (χ3v) is 7.86. The van der Waals surface area contributed by atoms with Crippen molar-refractivity contribution in [3.63, 3.8) is 0 Å². The summed E-state index contributed by atoms with van der Waals surface area (Å²) in [6, 6.07) is 33.3. The quantitative estimate of drug-likeness (QED) is 0.182. The molecule has 2 heterocycles. The molecule has 0 radical (unpaired) electrons. The Morgan fingerprint density at radius 1 is 0.925 bits per heavy atom. The molecule has 1 aliphatic rings. The first kappa shape index (κ1) is 26.1. The van der Waals surface area contributed by atoms with Gasteiger partial charge in [0.15, 0.2) is 5.13 Å². The van der Waals surface area contributed by atoms with E-state index >= 15 is 0 Å². The number of ether oxygens (including phenoxy) is 2. The van der Waals surface area contributed by atoms with Gasteiger partial charge in [0.1, 0.15) is 22.8 Å². The van der Waals surface area contributed by atoms with Crippen molar-refractivity contribution in [1.29, 1.82) is 0 Å². The molecule has 0 spiro atoms. The highest BCUT2D eigenvalue weighted by molar-refractivity contribution is 7.17. The minimum absolute atomic E-state index is 0.0742. The van der Waals surface area contributed by atoms with Crippen LogP contribution >= 0.6 is 22.9 Å². The SMILES string of the molecule is COc1ccc(CN(C(=O)c2cnc(Nc3ccc(C4O[C@H]4c4ccccc4)cc3)s2)c2ccc(Cl)cc2)cc1. The second kappa shape index (κ2) is 11.5. The van der Waals surface area contributed by atoms with Gasteiger partial charge in [0.05, 0.1) is 19.9 Å². The zero-order valence-corrected chi connectivity index (χ0v) is 23.2. The van der Waals surface area contributed by atoms with Gasteiger partial charge in [-0.15, -0.1) is 0 Å². The Morgan fingerprint density at radius 2 is 1.60 bits per heavy atom. The van der Waals surface area contributed by atoms with Crippen LogP contribution in [0.3, 0.4) is 0 Å². The number of epoxide rings is 1. The first-order valence-electron chi connectivity index (χ1n) is 12.8. The first-order valence-corrected chi connectivity index (χ1v) is 14.0. The standard InChI is InChI=1S/C32H26ClN3O3S/c1-38-27-17-7-21(8-18-27)20-36(26-15-11-24(33)12-16-26)31(37)28-19-34-32(40-28)35-25-13-9-23(10-14-25)30-29(39-30)22-5-3-2-4-6-22/h2-19,29-30H,20H2,1H3,(H,34,35)/t29-,30?/m0/s1. The molecule has 5 aromatic rings. The van der Waals surface area contributed by atoms with E-state index in [4.69, 9.17) is 21.1 Å². The summed E-state index contributed by atoms with van der Waals surface area (Å²) in [5.74, 6) is 0.622. The van der Waals surface area contributed by atoms with Crippen LogP contribution in [-0.2, 0) is 11.3 Å². The Bertz CT molecular complexity index is 1590. The molecule has 1 aliphatic heterocycles. The number of aromatic nitrogens is 1. The van der Waals surface area contributed by atoms with Gasteiger partial charge < -0.3 is 19.7 Å². The molecule has 1 amide bonds. The monoisotopic (exact) mass is 567 g/mol. The fourth-order valence-corrected chi connectivity index (χ4v) is 5.43. The molecule has 8 heteroatoms. The van der Waals surface area contributed by atoms with E-state index in [2.05, 4.69) is 34.6 Å². The number of methoxy groups -OCH3 is 1. The topological polar surface area (TPSA) is 67.0 Å². The molecule has 1 saturated heterocycles. The first-order chi connectivity index (χ1) is 19.6. The maximum Gasteiger partial charge on any atom is 0.270 e. The summed E-state index contributed by atoms with van der Waals surface area (Å²) in [6.07, 6.45) is 1.79. The molecule has 0 aliphatic carbocycles. The Hall–Kier alpha value is -4.17. The number of nitrogens with zero attached hydrogens (tertiary/aromatic N) is 2. The lowest BCUT2D eigenvalue weighted by Crippen LogP contribution is -2.29. The number of hydrogen-bond acceptors (Lipinski definition) is 6. The molecule has 6 nitrogen and oxygen atoms in total. The smallest absolute Gasteiger partial charge is 0.270 e. The van der Waals surface area contributed by atoms with E-state index in [1.165, 1.54) is 16.9 Å². The molecular formula is C32H26ClN3O3S. The van der Waals surface area contributed by atoms with Gasteiger partial charge in [-0.1, -0.05) is 77.5 Å². The van der Waals surface area contributed by atoms with Gasteiger partial charge >= 0.3 is 0 Å². The van der Waals surface area contributed by atoms with Gasteiger partial charge in [-0.25, -0.2) is 4.98 Å². The largest absolute Gasteiger partial charge is 0.497 e. The third-order valence-electron chi connectivity index (χ3n) is 6.71. The van der Waals surface area contributed by atoms with Crippen LogP contribution in [0.15, 0.2) is 109 Å². The van der Waals surface area contributed by atoms with Crippen molar-refractivity contribution in [3.8, 4) is 5.75 Å². The average molecular weight is 568 g/mol. The van der Waals surface area contributed by atoms with Crippen molar-refractivity contribution < 1.29 is 14.3 Å². The molecular weight excluding hydrogens is 542 g/mol. The van der Waals surface area contributed by atoms with Crippen molar-refractivity contribution in [2.45, 2.75) is 18.8 Å². The van der Waals surface area contributed by atoms with Gasteiger partial charge in [-0.3, -0.25) is 4.79 Å². The summed E-state index contributed by atoms with van der Waals surface area (Å²) < 4.78 is 11.2. The van der Waals surface area contributed by atoms with Crippen LogP contribution in [0.25, 0.3) is 0 Å². The summed E-state index contributed by atoms with van der Waals surface area (Å²) in [6.45, 7) is 0.389. The molecule has 6 rings (SSSR count). The van der Waals surface area contributed by atoms with Crippen molar-refractivity contribution in [1.82, 2.24) is 4.98 Å². The average Bonchev–Trinajstić information content (AvgIpc) is 3.67. The summed E-state index contributed by atoms with van der Waals surface area (Å²) in [5.41, 5.74) is 4.93. The van der Waals surface area contributed by atoms with E-state index in [1.54, 1.807) is 30.3 Å². The van der Waals surface area contributed by atoms with Crippen LogP contribution in [0.4, 0.5) is 16.5 Å². The van der Waals surface area contributed by atoms with Gasteiger partial charge in [0, 0.05) is 16.4 Å². The zero-order chi connectivity index (χ0) is 27.5. The minimum Gasteiger partial charge on any atom is -0.497 e. The van der Waals surface area contributed by atoms with Gasteiger partial charge in [0.25, 0.3) is 5.91 Å². The second-order valence-corrected chi connectivity index (χ2v) is 10.8. The fraction of sp³-hybridized carbons (Fsp3) is 0.125. The molecule has 2 atom stereocenters. The maximum absolute atomic E-state index is 13.7. The zero-order valence-electron chi connectivity index (χ0n) is 21.7. The van der Waals surface area contributed by atoms with E-state index in [9.17, 15) is 4.79 Å². The summed E-state index contributed by atoms with van der Waals surface area (Å²) in [5, 5.41) is 4.57. The van der Waals surface area contributed by atoms with Crippen molar-refractivity contribution >= 4 is 45.4 Å². The number of hydrogen-bond donors (Lipinski definition) is 1. The van der Waals surface area contributed by atoms with Crippen LogP contribution in [0, 0.1) is 0 Å². The Balaban J connectivity index is 1.15. The van der Waals surface area contributed by atoms with E-state index in [0.29, 0.717) is 21.6 Å². The molecule has 1 unspecified atom stereocenters. The van der Waals surface area contributed by atoms with E-state index in [-0.39, 0.29) is 18.1 Å². The number of anilines is 3. The summed E-state index contributed by atoms with van der Waals surface area (Å²) in [7, 11) is 1.63. The summed E-state index contributed by atoms with van der Waals surface area (Å²) >= 11 is 7.43. The van der Waals surface area contributed by atoms with Gasteiger partial charge in [-0.2, -0.15) is 0 Å². The van der Waals surface area contributed by atoms with Crippen LogP contribution < -0.4 is 15.0 Å². The fourth-order valence-electron chi connectivity index (χ4n) is 4.52. The minimum atomic E-state index is -0.142. The molecule has 1 N–H and O–H groups in total. The van der Waals surface area contributed by atoms with Gasteiger partial charge in [-0.05, 0) is 65.2 Å². The lowest BCUT2D eigenvalue weighted by molar-refractivity contribution is 0.0989. The summed E-state index contributed by atoms with van der Waals surface area (Å²) in [4.78, 5) is 20.4. The normalized spacial score (nSPS) is 15.8. The van der Waals surface area contributed by atoms with E-state index in [1.807, 2.05) is 66.7 Å². The van der Waals surface area contributed by atoms with Crippen LogP contribution in [0.5, 0.6) is 5.75 Å². The highest BCUT2D eigenvalue weighted by Crippen LogP contribution is 2.50. The van der Waals surface area contributed by atoms with Crippen molar-refractivity contribution in [2.75, 3.05) is 17.3 Å². The van der Waals surface area contributed by atoms with Crippen molar-refractivity contribution in [3.05, 3.63) is 136 Å². The Kier molecular flexibility index (Phi) is 7.51. The molecule has 1 fully saturated rings. The number of rotatable bonds is 9. The maximum atomic E-state index is 13.7. The Labute approximate surface area is 241 Å². The molecule has 0 saturated carbocycles. The van der Waals surface area contributed by atoms with Crippen LogP contribution in [0.2, 0.25) is 5.02 Å². The third kappa shape index (κ3) is 5.87. The van der Waals surface area contributed by atoms with Crippen LogP contribution in [-0.4, -0.2) is 18.0 Å². The Morgan fingerprint density at radius 3 is 2.27 bits per heavy atom. The number of halogens is 1. The number of thiazole rings is 1. The number of carbonyl (C=O) groups is 1. The lowest BCUT2D eigenvalue weighted by Gasteiger charge is -2.22. The number of amides is 1. The van der Waals surface area contributed by atoms with Crippen LogP contribution in [0.1, 0.15) is 38.6 Å². The predicted octanol–water partition coefficient (Wildman–Crippen LogP) is 8.21. The molecule has 200 valence electrons. The van der Waals surface area contributed by atoms with E-state index in [0.717, 1.165) is 28.3 Å².